The number of carbonyl (C=O) groups is 2. The first kappa shape index (κ1) is 19.9. The van der Waals surface area contributed by atoms with E-state index in [4.69, 9.17) is 18.9 Å². The number of methoxy groups -OCH3 is 1. The second kappa shape index (κ2) is 8.79. The van der Waals surface area contributed by atoms with Crippen molar-refractivity contribution in [3.05, 3.63) is 35.9 Å². The number of carbonyl (C=O) groups excluding carboxylic acids is 2. The number of aliphatic hydroxyl groups excluding tert-OH is 2. The normalized spacial score (nSPS) is 28.6. The van der Waals surface area contributed by atoms with Crippen molar-refractivity contribution in [3.63, 3.8) is 0 Å². The summed E-state index contributed by atoms with van der Waals surface area (Å²) in [5, 5.41) is 20.1. The molecule has 0 aliphatic carbocycles. The van der Waals surface area contributed by atoms with Crippen LogP contribution in [0.25, 0.3) is 6.08 Å². The lowest BCUT2D eigenvalue weighted by molar-refractivity contribution is -0.284. The van der Waals surface area contributed by atoms with Crippen molar-refractivity contribution in [2.75, 3.05) is 7.11 Å². The van der Waals surface area contributed by atoms with Gasteiger partial charge < -0.3 is 29.2 Å². The monoisotopic (exact) mass is 366 g/mol. The number of ether oxygens (including phenoxy) is 4. The van der Waals surface area contributed by atoms with E-state index in [9.17, 15) is 19.8 Å². The highest BCUT2D eigenvalue weighted by molar-refractivity contribution is 5.87. The molecule has 1 aromatic carbocycles. The van der Waals surface area contributed by atoms with E-state index >= 15 is 0 Å². The molecule has 1 aromatic rings. The van der Waals surface area contributed by atoms with Gasteiger partial charge in [0.15, 0.2) is 18.5 Å². The minimum Gasteiger partial charge on any atom is -0.497 e. The first-order chi connectivity index (χ1) is 12.3. The highest BCUT2D eigenvalue weighted by Crippen LogP contribution is 2.25. The molecule has 26 heavy (non-hydrogen) atoms. The Morgan fingerprint density at radius 3 is 2.35 bits per heavy atom. The van der Waals surface area contributed by atoms with Gasteiger partial charge in [-0.25, -0.2) is 4.79 Å². The minimum absolute atomic E-state index is 0.676. The van der Waals surface area contributed by atoms with Crippen molar-refractivity contribution in [2.45, 2.75) is 44.6 Å². The summed E-state index contributed by atoms with van der Waals surface area (Å²) in [6, 6.07) is 6.96. The van der Waals surface area contributed by atoms with Gasteiger partial charge in [0.2, 0.25) is 0 Å². The summed E-state index contributed by atoms with van der Waals surface area (Å²) in [7, 11) is 1.55. The zero-order valence-corrected chi connectivity index (χ0v) is 14.7. The average molecular weight is 366 g/mol. The SMILES string of the molecule is COc1ccc(C=CC(=O)OC2C(O)OC(C)C(O)C2OC(C)=O)cc1. The molecule has 1 aliphatic rings. The molecule has 1 heterocycles. The fourth-order valence-electron chi connectivity index (χ4n) is 2.51. The predicted octanol–water partition coefficient (Wildman–Crippen LogP) is 0.650. The van der Waals surface area contributed by atoms with Gasteiger partial charge in [0.25, 0.3) is 0 Å². The van der Waals surface area contributed by atoms with Gasteiger partial charge in [-0.1, -0.05) is 12.1 Å². The molecule has 0 radical (unpaired) electrons. The third-order valence-electron chi connectivity index (χ3n) is 3.86. The highest BCUT2D eigenvalue weighted by atomic mass is 16.7. The lowest BCUT2D eigenvalue weighted by Crippen LogP contribution is -2.59. The predicted molar refractivity (Wildman–Crippen MR) is 90.0 cm³/mol. The Kier molecular flexibility index (Phi) is 6.73. The maximum Gasteiger partial charge on any atom is 0.331 e. The van der Waals surface area contributed by atoms with Crippen LogP contribution in [0.3, 0.4) is 0 Å². The molecule has 142 valence electrons. The van der Waals surface area contributed by atoms with Crippen LogP contribution >= 0.6 is 0 Å². The summed E-state index contributed by atoms with van der Waals surface area (Å²) in [6.45, 7) is 2.66. The maximum absolute atomic E-state index is 12.1. The molecule has 1 saturated heterocycles. The quantitative estimate of drug-likeness (QED) is 0.577. The van der Waals surface area contributed by atoms with Crippen LogP contribution in [-0.4, -0.2) is 60.0 Å². The molecule has 1 fully saturated rings. The van der Waals surface area contributed by atoms with E-state index in [1.54, 1.807) is 31.4 Å². The molecule has 0 bridgehead atoms. The fraction of sp³-hybridized carbons (Fsp3) is 0.444. The third-order valence-corrected chi connectivity index (χ3v) is 3.86. The summed E-state index contributed by atoms with van der Waals surface area (Å²) in [4.78, 5) is 23.3. The van der Waals surface area contributed by atoms with Crippen LogP contribution in [0, 0.1) is 0 Å². The first-order valence-electron chi connectivity index (χ1n) is 8.03. The summed E-state index contributed by atoms with van der Waals surface area (Å²) in [5.41, 5.74) is 0.730. The van der Waals surface area contributed by atoms with E-state index in [-0.39, 0.29) is 0 Å². The van der Waals surface area contributed by atoms with E-state index in [1.807, 2.05) is 0 Å². The van der Waals surface area contributed by atoms with Crippen LogP contribution in [0.5, 0.6) is 5.75 Å². The van der Waals surface area contributed by atoms with Crippen molar-refractivity contribution in [1.82, 2.24) is 0 Å². The number of hydrogen-bond acceptors (Lipinski definition) is 8. The largest absolute Gasteiger partial charge is 0.497 e. The average Bonchev–Trinajstić information content (AvgIpc) is 2.61. The van der Waals surface area contributed by atoms with Crippen LogP contribution < -0.4 is 4.74 Å². The second-order valence-corrected chi connectivity index (χ2v) is 5.80. The first-order valence-corrected chi connectivity index (χ1v) is 8.03. The van der Waals surface area contributed by atoms with Gasteiger partial charge in [0.1, 0.15) is 11.9 Å². The van der Waals surface area contributed by atoms with Crippen LogP contribution in [0.15, 0.2) is 30.3 Å². The molecule has 0 aromatic heterocycles. The van der Waals surface area contributed by atoms with Gasteiger partial charge in [-0.05, 0) is 30.7 Å². The summed E-state index contributed by atoms with van der Waals surface area (Å²) in [6.07, 6.45) is -3.48. The van der Waals surface area contributed by atoms with E-state index in [0.717, 1.165) is 18.6 Å². The van der Waals surface area contributed by atoms with Gasteiger partial charge in [-0.3, -0.25) is 4.79 Å². The molecule has 5 atom stereocenters. The molecule has 8 nitrogen and oxygen atoms in total. The van der Waals surface area contributed by atoms with Gasteiger partial charge in [-0.2, -0.15) is 0 Å². The van der Waals surface area contributed by atoms with Crippen molar-refractivity contribution in [1.29, 1.82) is 0 Å². The fourth-order valence-corrected chi connectivity index (χ4v) is 2.51. The molecular weight excluding hydrogens is 344 g/mol. The molecule has 0 amide bonds. The second-order valence-electron chi connectivity index (χ2n) is 5.80. The Bertz CT molecular complexity index is 654. The number of hydrogen-bond donors (Lipinski definition) is 2. The van der Waals surface area contributed by atoms with E-state index in [1.165, 1.54) is 13.0 Å². The number of benzene rings is 1. The lowest BCUT2D eigenvalue weighted by atomic mass is 9.99. The molecule has 1 aliphatic heterocycles. The van der Waals surface area contributed by atoms with Gasteiger partial charge in [0.05, 0.1) is 13.2 Å². The number of rotatable bonds is 5. The highest BCUT2D eigenvalue weighted by Gasteiger charge is 2.47. The smallest absolute Gasteiger partial charge is 0.331 e. The summed E-state index contributed by atoms with van der Waals surface area (Å²) >= 11 is 0. The molecule has 5 unspecified atom stereocenters. The van der Waals surface area contributed by atoms with Crippen molar-refractivity contribution >= 4 is 18.0 Å². The van der Waals surface area contributed by atoms with Crippen LogP contribution in [0.1, 0.15) is 19.4 Å². The molecule has 8 heteroatoms. The molecular formula is C18H22O8. The Hall–Kier alpha value is -2.42. The molecule has 0 spiro atoms. The topological polar surface area (TPSA) is 112 Å². The van der Waals surface area contributed by atoms with Crippen LogP contribution in [-0.2, 0) is 23.8 Å². The zero-order valence-electron chi connectivity index (χ0n) is 14.7. The lowest BCUT2D eigenvalue weighted by Gasteiger charge is -2.40. The zero-order chi connectivity index (χ0) is 19.3. The standard InChI is InChI=1S/C18H22O8/c1-10-15(21)16(25-11(2)19)17(18(22)24-10)26-14(20)9-6-12-4-7-13(23-3)8-5-12/h4-10,15-18,21-22H,1-3H3. The Morgan fingerprint density at radius 2 is 1.77 bits per heavy atom. The van der Waals surface area contributed by atoms with Gasteiger partial charge >= 0.3 is 11.9 Å². The van der Waals surface area contributed by atoms with Crippen LogP contribution in [0.2, 0.25) is 0 Å². The van der Waals surface area contributed by atoms with E-state index in [0.29, 0.717) is 5.75 Å². The molecule has 0 saturated carbocycles. The van der Waals surface area contributed by atoms with Gasteiger partial charge in [0, 0.05) is 13.0 Å². The summed E-state index contributed by atoms with van der Waals surface area (Å²) in [5.74, 6) is -0.780. The third kappa shape index (κ3) is 5.04. The maximum atomic E-state index is 12.1. The van der Waals surface area contributed by atoms with Gasteiger partial charge in [-0.15, -0.1) is 0 Å². The summed E-state index contributed by atoms with van der Waals surface area (Å²) < 4.78 is 20.3. The molecule has 2 rings (SSSR count). The van der Waals surface area contributed by atoms with Crippen molar-refractivity contribution < 1.29 is 38.7 Å². The van der Waals surface area contributed by atoms with Crippen molar-refractivity contribution in [2.24, 2.45) is 0 Å². The van der Waals surface area contributed by atoms with E-state index in [2.05, 4.69) is 0 Å². The van der Waals surface area contributed by atoms with Crippen molar-refractivity contribution in [3.8, 4) is 5.75 Å². The Balaban J connectivity index is 2.06. The number of aliphatic hydroxyl groups is 2. The Labute approximate surface area is 150 Å². The van der Waals surface area contributed by atoms with E-state index < -0.39 is 42.6 Å². The minimum atomic E-state index is -1.53. The molecule has 2 N–H and O–H groups in total. The Morgan fingerprint density at radius 1 is 1.12 bits per heavy atom. The number of esters is 2. The van der Waals surface area contributed by atoms with Crippen LogP contribution in [0.4, 0.5) is 0 Å².